The van der Waals surface area contributed by atoms with E-state index in [0.29, 0.717) is 0 Å². The van der Waals surface area contributed by atoms with E-state index in [2.05, 4.69) is 51.5 Å². The minimum Gasteiger partial charge on any atom is -0.327 e. The second kappa shape index (κ2) is 6.68. The molecule has 1 rings (SSSR count). The molecule has 1 aromatic rings. The highest BCUT2D eigenvalue weighted by Gasteiger charge is 2.06. The summed E-state index contributed by atoms with van der Waals surface area (Å²) in [7, 11) is 6.60. The minimum atomic E-state index is -2.61. The van der Waals surface area contributed by atoms with Crippen molar-refractivity contribution in [3.63, 3.8) is 0 Å². The van der Waals surface area contributed by atoms with Gasteiger partial charge in [-0.05, 0) is 0 Å². The molecule has 0 bridgehead atoms. The van der Waals surface area contributed by atoms with Gasteiger partial charge in [-0.1, -0.05) is 30.3 Å². The summed E-state index contributed by atoms with van der Waals surface area (Å²) in [5, 5.41) is 0. The molecule has 0 spiro atoms. The van der Waals surface area contributed by atoms with Gasteiger partial charge in [0.25, 0.3) is 11.4 Å². The first-order chi connectivity index (χ1) is 6.81. The van der Waals surface area contributed by atoms with Gasteiger partial charge in [0.05, 0.1) is 21.1 Å². The van der Waals surface area contributed by atoms with Gasteiger partial charge in [0, 0.05) is 5.56 Å². The lowest BCUT2D eigenvalue weighted by Gasteiger charge is -2.23. The van der Waals surface area contributed by atoms with E-state index >= 15 is 0 Å². The van der Waals surface area contributed by atoms with E-state index in [-0.39, 0.29) is 0 Å². The van der Waals surface area contributed by atoms with Gasteiger partial charge < -0.3 is 4.48 Å². The predicted molar refractivity (Wildman–Crippen MR) is 61.6 cm³/mol. The molecule has 0 radical (unpaired) electrons. The third-order valence-corrected chi connectivity index (χ3v) is 1.50. The van der Waals surface area contributed by atoms with Crippen LogP contribution >= 0.6 is 0 Å². The molecule has 0 amide bonds. The predicted octanol–water partition coefficient (Wildman–Crippen LogP) is 1.57. The molecule has 0 aliphatic heterocycles. The van der Waals surface area contributed by atoms with E-state index in [1.54, 1.807) is 0 Å². The lowest BCUT2D eigenvalue weighted by Crippen LogP contribution is -2.33. The van der Waals surface area contributed by atoms with Crippen LogP contribution in [-0.2, 0) is 17.9 Å². The quantitative estimate of drug-likeness (QED) is 0.601. The van der Waals surface area contributed by atoms with Crippen molar-refractivity contribution in [2.45, 2.75) is 6.54 Å². The molecule has 0 saturated heterocycles. The summed E-state index contributed by atoms with van der Waals surface area (Å²) in [5.41, 5.74) is 1.40. The van der Waals surface area contributed by atoms with Crippen molar-refractivity contribution in [2.75, 3.05) is 21.1 Å². The maximum atomic E-state index is 8.67. The third-order valence-electron chi connectivity index (χ3n) is 1.50. The van der Waals surface area contributed by atoms with Crippen LogP contribution < -0.4 is 0 Å². The molecule has 86 valence electrons. The van der Waals surface area contributed by atoms with E-state index in [0.717, 1.165) is 11.0 Å². The molecule has 0 aliphatic carbocycles. The van der Waals surface area contributed by atoms with Crippen molar-refractivity contribution >= 4 is 11.4 Å². The van der Waals surface area contributed by atoms with E-state index in [9.17, 15) is 0 Å². The highest BCUT2D eigenvalue weighted by atomic mass is 32.2. The SMILES string of the molecule is C[N+](C)(C)Cc1ccccc1.O=S(O)O. The first-order valence-corrected chi connectivity index (χ1v) is 5.52. The van der Waals surface area contributed by atoms with Crippen LogP contribution in [0.3, 0.4) is 0 Å². The number of hydrogen-bond acceptors (Lipinski definition) is 1. The molecular formula is C10H18NO3S+. The topological polar surface area (TPSA) is 57.5 Å². The zero-order valence-corrected chi connectivity index (χ0v) is 10.1. The lowest BCUT2D eigenvalue weighted by molar-refractivity contribution is -0.884. The summed E-state index contributed by atoms with van der Waals surface area (Å²) in [5.74, 6) is 0. The normalized spacial score (nSPS) is 10.8. The van der Waals surface area contributed by atoms with Crippen LogP contribution in [-0.4, -0.2) is 38.9 Å². The Balaban J connectivity index is 0.000000423. The number of nitrogens with zero attached hydrogens (tertiary/aromatic N) is 1. The number of hydrogen-bond donors (Lipinski definition) is 2. The first-order valence-electron chi connectivity index (χ1n) is 4.45. The van der Waals surface area contributed by atoms with Crippen molar-refractivity contribution in [3.8, 4) is 0 Å². The second-order valence-corrected chi connectivity index (χ2v) is 4.63. The Morgan fingerprint density at radius 1 is 1.13 bits per heavy atom. The summed E-state index contributed by atoms with van der Waals surface area (Å²) >= 11 is -2.61. The molecular weight excluding hydrogens is 214 g/mol. The second-order valence-electron chi connectivity index (χ2n) is 4.16. The van der Waals surface area contributed by atoms with Crippen molar-refractivity contribution < 1.29 is 17.8 Å². The molecule has 0 heterocycles. The Labute approximate surface area is 93.2 Å². The van der Waals surface area contributed by atoms with E-state index in [4.69, 9.17) is 13.3 Å². The zero-order chi connectivity index (χ0) is 11.9. The van der Waals surface area contributed by atoms with Crippen molar-refractivity contribution in [3.05, 3.63) is 35.9 Å². The Morgan fingerprint density at radius 3 is 1.87 bits per heavy atom. The summed E-state index contributed by atoms with van der Waals surface area (Å²) in [4.78, 5) is 0. The van der Waals surface area contributed by atoms with E-state index in [1.165, 1.54) is 5.56 Å². The van der Waals surface area contributed by atoms with Crippen LogP contribution in [0.25, 0.3) is 0 Å². The number of rotatable bonds is 2. The molecule has 0 aromatic heterocycles. The molecule has 0 fully saturated rings. The number of quaternary nitrogens is 1. The Bertz CT molecular complexity index is 291. The zero-order valence-electron chi connectivity index (χ0n) is 9.25. The third kappa shape index (κ3) is 11.2. The standard InChI is InChI=1S/C10H16N.H2O3S/c1-11(2,3)9-10-7-5-4-6-8-10;1-4(2)3/h4-8H,9H2,1-3H3;(H2,1,2,3)/q+1;. The largest absolute Gasteiger partial charge is 0.327 e. The maximum absolute atomic E-state index is 8.67. The summed E-state index contributed by atoms with van der Waals surface area (Å²) in [6.45, 7) is 1.10. The van der Waals surface area contributed by atoms with E-state index in [1.807, 2.05) is 0 Å². The van der Waals surface area contributed by atoms with Crippen molar-refractivity contribution in [1.82, 2.24) is 0 Å². The fourth-order valence-electron chi connectivity index (χ4n) is 1.13. The monoisotopic (exact) mass is 232 g/mol. The van der Waals surface area contributed by atoms with Gasteiger partial charge in [0.2, 0.25) is 0 Å². The minimum absolute atomic E-state index is 0.990. The molecule has 1 aromatic carbocycles. The molecule has 0 atom stereocenters. The maximum Gasteiger partial charge on any atom is 0.299 e. The number of benzene rings is 1. The molecule has 15 heavy (non-hydrogen) atoms. The first kappa shape index (κ1) is 14.2. The van der Waals surface area contributed by atoms with Crippen LogP contribution in [0.15, 0.2) is 30.3 Å². The highest BCUT2D eigenvalue weighted by molar-refractivity contribution is 7.73. The fourth-order valence-corrected chi connectivity index (χ4v) is 1.13. The van der Waals surface area contributed by atoms with Gasteiger partial charge in [-0.15, -0.1) is 0 Å². The summed E-state index contributed by atoms with van der Waals surface area (Å²) in [6, 6.07) is 10.6. The smallest absolute Gasteiger partial charge is 0.299 e. The van der Waals surface area contributed by atoms with Gasteiger partial charge in [-0.25, -0.2) is 0 Å². The highest BCUT2D eigenvalue weighted by Crippen LogP contribution is 2.05. The van der Waals surface area contributed by atoms with Gasteiger partial charge in [-0.3, -0.25) is 9.11 Å². The Kier molecular flexibility index (Phi) is 6.35. The molecule has 2 N–H and O–H groups in total. The average Bonchev–Trinajstić information content (AvgIpc) is 2.01. The van der Waals surface area contributed by atoms with Gasteiger partial charge >= 0.3 is 0 Å². The summed E-state index contributed by atoms with van der Waals surface area (Å²) < 4.78 is 23.8. The molecule has 4 nitrogen and oxygen atoms in total. The Morgan fingerprint density at radius 2 is 1.53 bits per heavy atom. The molecule has 0 saturated carbocycles. The Hall–Kier alpha value is -0.750. The van der Waals surface area contributed by atoms with Crippen LogP contribution in [0.1, 0.15) is 5.56 Å². The van der Waals surface area contributed by atoms with E-state index < -0.39 is 11.4 Å². The summed E-state index contributed by atoms with van der Waals surface area (Å²) in [6.07, 6.45) is 0. The van der Waals surface area contributed by atoms with Gasteiger partial charge in [-0.2, -0.15) is 4.21 Å². The van der Waals surface area contributed by atoms with Gasteiger partial charge in [0.15, 0.2) is 0 Å². The molecule has 0 unspecified atom stereocenters. The van der Waals surface area contributed by atoms with Gasteiger partial charge in [0.1, 0.15) is 6.54 Å². The van der Waals surface area contributed by atoms with Crippen molar-refractivity contribution in [1.29, 1.82) is 0 Å². The fraction of sp³-hybridized carbons (Fsp3) is 0.400. The van der Waals surface area contributed by atoms with Crippen LogP contribution in [0.2, 0.25) is 0 Å². The lowest BCUT2D eigenvalue weighted by atomic mass is 10.2. The van der Waals surface area contributed by atoms with Crippen molar-refractivity contribution in [2.24, 2.45) is 0 Å². The van der Waals surface area contributed by atoms with Crippen LogP contribution in [0, 0.1) is 0 Å². The van der Waals surface area contributed by atoms with Crippen LogP contribution in [0.4, 0.5) is 0 Å². The average molecular weight is 232 g/mol. The molecule has 0 aliphatic rings. The van der Waals surface area contributed by atoms with Crippen LogP contribution in [0.5, 0.6) is 0 Å². The molecule has 5 heteroatoms.